The number of phosphoric ester groups is 1. The van der Waals surface area contributed by atoms with Crippen molar-refractivity contribution in [1.29, 1.82) is 0 Å². The van der Waals surface area contributed by atoms with Gasteiger partial charge in [0.2, 0.25) is 6.29 Å². The minimum absolute atomic E-state index is 0.204. The van der Waals surface area contributed by atoms with Crippen LogP contribution >= 0.6 is 7.82 Å². The zero-order chi connectivity index (χ0) is 43.6. The molecule has 2 aliphatic heterocycles. The van der Waals surface area contributed by atoms with Crippen molar-refractivity contribution >= 4 is 49.6 Å². The van der Waals surface area contributed by atoms with Gasteiger partial charge in [-0.15, -0.1) is 6.58 Å². The van der Waals surface area contributed by atoms with Crippen LogP contribution in [-0.2, 0) is 94.5 Å². The first-order valence-electron chi connectivity index (χ1n) is 18.6. The number of carbonyl (C=O) groups excluding carboxylic acids is 7. The van der Waals surface area contributed by atoms with Gasteiger partial charge in [0.1, 0.15) is 31.5 Å². The normalized spacial score (nSPS) is 27.8. The van der Waals surface area contributed by atoms with E-state index in [-0.39, 0.29) is 6.61 Å². The number of hydrogen-bond acceptors (Lipinski definition) is 20. The van der Waals surface area contributed by atoms with E-state index < -0.39 is 124 Å². The number of hydrogen-bond donors (Lipinski definition) is 1. The Labute approximate surface area is 336 Å². The Morgan fingerprint density at radius 3 is 1.43 bits per heavy atom. The third kappa shape index (κ3) is 17.9. The highest BCUT2D eigenvalue weighted by molar-refractivity contribution is 7.47. The molecule has 0 saturated carbocycles. The molecule has 21 nitrogen and oxygen atoms in total. The molecule has 2 rings (SSSR count). The lowest BCUT2D eigenvalue weighted by molar-refractivity contribution is -0.355. The summed E-state index contributed by atoms with van der Waals surface area (Å²) < 4.78 is 79.4. The van der Waals surface area contributed by atoms with Crippen LogP contribution in [0.2, 0.25) is 0 Å². The molecule has 2 heterocycles. The Morgan fingerprint density at radius 1 is 0.552 bits per heavy atom. The molecule has 0 aromatic carbocycles. The van der Waals surface area contributed by atoms with E-state index in [0.29, 0.717) is 12.8 Å². The molecule has 22 heteroatoms. The van der Waals surface area contributed by atoms with Crippen LogP contribution in [0, 0.1) is 0 Å². The van der Waals surface area contributed by atoms with Crippen LogP contribution in [0.25, 0.3) is 0 Å². The molecule has 2 fully saturated rings. The van der Waals surface area contributed by atoms with Gasteiger partial charge in [0, 0.05) is 48.5 Å². The monoisotopic (exact) mass is 854 g/mol. The van der Waals surface area contributed by atoms with Gasteiger partial charge in [0.05, 0.1) is 6.61 Å². The quantitative estimate of drug-likeness (QED) is 0.0509. The SMILES string of the molecule is C=CCCCCCCCCOP(=O)(O)O[C@H]1O[C@H](COC(C)=O)[C@@H](O[C@@H]2O[C@H](COC(C)=O)[C@H](OC(C)=O)[C@H](OC(C)=O)[C@H]2OC(C)=O)[C@H](OC(C)=O)[C@H]1OC(C)=O. The van der Waals surface area contributed by atoms with E-state index >= 15 is 0 Å². The summed E-state index contributed by atoms with van der Waals surface area (Å²) in [5, 5.41) is 0. The van der Waals surface area contributed by atoms with Crippen LogP contribution in [0.5, 0.6) is 0 Å². The molecular formula is C36H55O21P. The van der Waals surface area contributed by atoms with Crippen LogP contribution in [-0.4, -0.2) is 128 Å². The van der Waals surface area contributed by atoms with Crippen molar-refractivity contribution < 1.29 is 99.4 Å². The van der Waals surface area contributed by atoms with Crippen LogP contribution in [0.3, 0.4) is 0 Å². The molecule has 0 bridgehead atoms. The van der Waals surface area contributed by atoms with Gasteiger partial charge in [-0.1, -0.05) is 31.8 Å². The summed E-state index contributed by atoms with van der Waals surface area (Å²) >= 11 is 0. The lowest BCUT2D eigenvalue weighted by atomic mass is 9.96. The molecule has 0 aliphatic carbocycles. The van der Waals surface area contributed by atoms with Crippen molar-refractivity contribution in [3.63, 3.8) is 0 Å². The molecule has 330 valence electrons. The van der Waals surface area contributed by atoms with E-state index in [1.165, 1.54) is 0 Å². The van der Waals surface area contributed by atoms with E-state index in [2.05, 4.69) is 6.58 Å². The molecule has 11 atom stereocenters. The lowest BCUT2D eigenvalue weighted by Crippen LogP contribution is -2.67. The fourth-order valence-electron chi connectivity index (χ4n) is 6.00. The zero-order valence-corrected chi connectivity index (χ0v) is 34.6. The fourth-order valence-corrected chi connectivity index (χ4v) is 6.85. The summed E-state index contributed by atoms with van der Waals surface area (Å²) in [6.07, 6.45) is -9.96. The predicted molar refractivity (Wildman–Crippen MR) is 193 cm³/mol. The van der Waals surface area contributed by atoms with Crippen LogP contribution < -0.4 is 0 Å². The molecular weight excluding hydrogens is 799 g/mol. The van der Waals surface area contributed by atoms with E-state index in [1.54, 1.807) is 0 Å². The molecule has 0 aromatic rings. The van der Waals surface area contributed by atoms with E-state index in [4.69, 9.17) is 56.4 Å². The maximum atomic E-state index is 13.2. The number of carbonyl (C=O) groups is 7. The number of rotatable bonds is 23. The molecule has 2 aliphatic rings. The van der Waals surface area contributed by atoms with Crippen LogP contribution in [0.4, 0.5) is 0 Å². The molecule has 1 unspecified atom stereocenters. The highest BCUT2D eigenvalue weighted by Crippen LogP contribution is 2.48. The number of esters is 7. The number of allylic oxidation sites excluding steroid dienone is 1. The Morgan fingerprint density at radius 2 is 0.948 bits per heavy atom. The number of unbranched alkanes of at least 4 members (excludes halogenated alkanes) is 6. The molecule has 0 spiro atoms. The third-order valence-corrected chi connectivity index (χ3v) is 9.16. The summed E-state index contributed by atoms with van der Waals surface area (Å²) in [7, 11) is -5.01. The van der Waals surface area contributed by atoms with Gasteiger partial charge < -0.3 is 52.3 Å². The summed E-state index contributed by atoms with van der Waals surface area (Å²) in [5.41, 5.74) is 0. The first-order valence-corrected chi connectivity index (χ1v) is 20.1. The number of phosphoric acid groups is 1. The van der Waals surface area contributed by atoms with Gasteiger partial charge in [-0.25, -0.2) is 4.57 Å². The Hall–Kier alpha value is -3.98. The van der Waals surface area contributed by atoms with Gasteiger partial charge in [0.15, 0.2) is 36.8 Å². The second-order valence-electron chi connectivity index (χ2n) is 13.3. The van der Waals surface area contributed by atoms with Gasteiger partial charge in [-0.05, 0) is 19.3 Å². The van der Waals surface area contributed by atoms with Crippen molar-refractivity contribution in [2.24, 2.45) is 0 Å². The van der Waals surface area contributed by atoms with Gasteiger partial charge in [-0.3, -0.25) is 42.6 Å². The summed E-state index contributed by atoms with van der Waals surface area (Å²) in [5.74, 6) is -6.45. The van der Waals surface area contributed by atoms with Crippen molar-refractivity contribution in [2.75, 3.05) is 19.8 Å². The number of ether oxygens (including phenoxy) is 10. The van der Waals surface area contributed by atoms with Crippen LogP contribution in [0.15, 0.2) is 12.7 Å². The third-order valence-electron chi connectivity index (χ3n) is 8.18. The zero-order valence-electron chi connectivity index (χ0n) is 33.7. The van der Waals surface area contributed by atoms with E-state index in [9.17, 15) is 43.0 Å². The topological polar surface area (TPSA) is 268 Å². The smallest absolute Gasteiger partial charge is 0.463 e. The van der Waals surface area contributed by atoms with Crippen molar-refractivity contribution in [2.45, 2.75) is 155 Å². The largest absolute Gasteiger partial charge is 0.474 e. The second-order valence-corrected chi connectivity index (χ2v) is 14.7. The van der Waals surface area contributed by atoms with Gasteiger partial charge >= 0.3 is 49.6 Å². The maximum Gasteiger partial charge on any atom is 0.474 e. The molecule has 1 N–H and O–H groups in total. The van der Waals surface area contributed by atoms with E-state index in [0.717, 1.165) is 80.6 Å². The van der Waals surface area contributed by atoms with Crippen molar-refractivity contribution in [3.8, 4) is 0 Å². The first-order chi connectivity index (χ1) is 27.2. The molecule has 2 saturated heterocycles. The van der Waals surface area contributed by atoms with E-state index in [1.807, 2.05) is 6.08 Å². The molecule has 0 radical (unpaired) electrons. The highest BCUT2D eigenvalue weighted by atomic mass is 31.2. The summed E-state index contributed by atoms with van der Waals surface area (Å²) in [6.45, 7) is 9.22. The first kappa shape index (κ1) is 50.2. The Kier molecular flexibility index (Phi) is 21.5. The average molecular weight is 855 g/mol. The Balaban J connectivity index is 2.58. The minimum Gasteiger partial charge on any atom is -0.463 e. The van der Waals surface area contributed by atoms with Gasteiger partial charge in [0.25, 0.3) is 0 Å². The average Bonchev–Trinajstić information content (AvgIpc) is 3.09. The summed E-state index contributed by atoms with van der Waals surface area (Å²) in [4.78, 5) is 96.6. The van der Waals surface area contributed by atoms with Crippen LogP contribution in [0.1, 0.15) is 93.4 Å². The Bertz CT molecular complexity index is 1470. The predicted octanol–water partition coefficient (Wildman–Crippen LogP) is 2.66. The van der Waals surface area contributed by atoms with Gasteiger partial charge in [-0.2, -0.15) is 0 Å². The highest BCUT2D eigenvalue weighted by Gasteiger charge is 2.58. The summed E-state index contributed by atoms with van der Waals surface area (Å²) in [6, 6.07) is 0. The fraction of sp³-hybridized carbons (Fsp3) is 0.750. The van der Waals surface area contributed by atoms with Crippen molar-refractivity contribution in [1.82, 2.24) is 0 Å². The second kappa shape index (κ2) is 24.8. The lowest BCUT2D eigenvalue weighted by Gasteiger charge is -2.48. The molecule has 58 heavy (non-hydrogen) atoms. The standard InChI is InChI=1S/C36H55O21P/c1-9-10-11-12-13-14-15-16-17-48-58(44,45)57-36-34(53-26(8)43)32(51-24(6)41)30(28(55-36)19-47-21(3)38)56-35-33(52-25(7)42)31(50-23(5)40)29(49-22(4)39)27(54-35)18-46-20(2)37/h9,27-36H,1,10-19H2,2-8H3,(H,44,45)/t27-,28-,29+,30-,31+,32+,33-,34-,35+,36-/m1/s1. The minimum atomic E-state index is -5.01. The molecule has 0 amide bonds. The van der Waals surface area contributed by atoms with Crippen molar-refractivity contribution in [3.05, 3.63) is 12.7 Å². The molecule has 0 aromatic heterocycles. The maximum absolute atomic E-state index is 13.2.